The lowest BCUT2D eigenvalue weighted by molar-refractivity contribution is 0.0582. The molecule has 0 aromatic heterocycles. The average Bonchev–Trinajstić information content (AvgIpc) is 2.72. The van der Waals surface area contributed by atoms with E-state index in [0.29, 0.717) is 0 Å². The Hall–Kier alpha value is -1.84. The number of carboxylic acids is 1. The first-order valence-corrected chi connectivity index (χ1v) is 11.5. The fraction of sp³-hybridized carbons (Fsp3) is 0.680. The molecule has 4 heteroatoms. The molecule has 1 N–H and O–H groups in total. The number of benzene rings is 1. The van der Waals surface area contributed by atoms with Crippen LogP contribution in [0, 0.1) is 0 Å². The van der Waals surface area contributed by atoms with Gasteiger partial charge in [0, 0.05) is 0 Å². The molecule has 4 nitrogen and oxygen atoms in total. The van der Waals surface area contributed by atoms with Crippen LogP contribution in [0.5, 0.6) is 0 Å². The summed E-state index contributed by atoms with van der Waals surface area (Å²) in [6, 6.07) is 3.49. The summed E-state index contributed by atoms with van der Waals surface area (Å²) < 4.78 is 4.83. The van der Waals surface area contributed by atoms with Crippen LogP contribution >= 0.6 is 0 Å². The SMILES string of the molecule is CCCCCCCCc1cc(C(=O)O)c(C(=O)OC)cc1CCCCCCCC. The largest absolute Gasteiger partial charge is 0.478 e. The Bertz CT molecular complexity index is 621. The maximum atomic E-state index is 12.1. The predicted octanol–water partition coefficient (Wildman–Crippen LogP) is 6.98. The molecular formula is C25H40O4. The molecule has 1 aromatic carbocycles. The van der Waals surface area contributed by atoms with E-state index >= 15 is 0 Å². The molecule has 0 bridgehead atoms. The number of unbranched alkanes of at least 4 members (excludes halogenated alkanes) is 10. The van der Waals surface area contributed by atoms with Crippen LogP contribution in [0.4, 0.5) is 0 Å². The summed E-state index contributed by atoms with van der Waals surface area (Å²) in [5.41, 5.74) is 2.43. The first-order chi connectivity index (χ1) is 14.0. The predicted molar refractivity (Wildman–Crippen MR) is 119 cm³/mol. The molecule has 0 saturated carbocycles. The summed E-state index contributed by atoms with van der Waals surface area (Å²) >= 11 is 0. The number of methoxy groups -OCH3 is 1. The van der Waals surface area contributed by atoms with Crippen molar-refractivity contribution >= 4 is 11.9 Å². The molecule has 0 aliphatic carbocycles. The minimum Gasteiger partial charge on any atom is -0.478 e. The van der Waals surface area contributed by atoms with Crippen LogP contribution in [0.1, 0.15) is 123 Å². The number of hydrogen-bond donors (Lipinski definition) is 1. The Morgan fingerprint density at radius 1 is 0.724 bits per heavy atom. The number of rotatable bonds is 16. The lowest BCUT2D eigenvalue weighted by Crippen LogP contribution is -2.13. The molecular weight excluding hydrogens is 364 g/mol. The van der Waals surface area contributed by atoms with Crippen molar-refractivity contribution in [2.24, 2.45) is 0 Å². The van der Waals surface area contributed by atoms with E-state index in [2.05, 4.69) is 13.8 Å². The van der Waals surface area contributed by atoms with E-state index in [0.717, 1.165) is 43.2 Å². The second-order valence-electron chi connectivity index (χ2n) is 8.00. The van der Waals surface area contributed by atoms with Crippen LogP contribution in [0.15, 0.2) is 12.1 Å². The topological polar surface area (TPSA) is 63.6 Å². The van der Waals surface area contributed by atoms with Gasteiger partial charge in [-0.1, -0.05) is 78.1 Å². The van der Waals surface area contributed by atoms with Crippen LogP contribution in [-0.4, -0.2) is 24.2 Å². The molecule has 0 fully saturated rings. The molecule has 0 amide bonds. The summed E-state index contributed by atoms with van der Waals surface area (Å²) in [6.45, 7) is 4.43. The van der Waals surface area contributed by atoms with Crippen molar-refractivity contribution in [3.8, 4) is 0 Å². The van der Waals surface area contributed by atoms with Gasteiger partial charge in [-0.05, 0) is 48.9 Å². The van der Waals surface area contributed by atoms with Crippen molar-refractivity contribution in [2.75, 3.05) is 7.11 Å². The van der Waals surface area contributed by atoms with E-state index in [1.807, 2.05) is 0 Å². The second kappa shape index (κ2) is 15.1. The van der Waals surface area contributed by atoms with E-state index < -0.39 is 11.9 Å². The summed E-state index contributed by atoms with van der Waals surface area (Å²) in [4.78, 5) is 23.8. The van der Waals surface area contributed by atoms with E-state index in [-0.39, 0.29) is 11.1 Å². The van der Waals surface area contributed by atoms with Crippen molar-refractivity contribution in [1.82, 2.24) is 0 Å². The van der Waals surface area contributed by atoms with Crippen molar-refractivity contribution in [1.29, 1.82) is 0 Å². The summed E-state index contributed by atoms with van der Waals surface area (Å²) in [7, 11) is 1.30. The number of carbonyl (C=O) groups is 2. The highest BCUT2D eigenvalue weighted by atomic mass is 16.5. The normalized spacial score (nSPS) is 10.9. The number of ether oxygens (including phenoxy) is 1. The fourth-order valence-corrected chi connectivity index (χ4v) is 3.80. The van der Waals surface area contributed by atoms with Gasteiger partial charge >= 0.3 is 11.9 Å². The van der Waals surface area contributed by atoms with Gasteiger partial charge in [0.1, 0.15) is 0 Å². The number of aryl methyl sites for hydroxylation is 2. The molecule has 0 heterocycles. The smallest absolute Gasteiger partial charge is 0.338 e. The van der Waals surface area contributed by atoms with Gasteiger partial charge in [-0.2, -0.15) is 0 Å². The quantitative estimate of drug-likeness (QED) is 0.238. The highest BCUT2D eigenvalue weighted by Crippen LogP contribution is 2.23. The Balaban J connectivity index is 2.87. The van der Waals surface area contributed by atoms with Crippen LogP contribution < -0.4 is 0 Å². The maximum absolute atomic E-state index is 12.1. The Morgan fingerprint density at radius 3 is 1.55 bits per heavy atom. The van der Waals surface area contributed by atoms with Gasteiger partial charge in [-0.3, -0.25) is 0 Å². The standard InChI is InChI=1S/C25H40O4/c1-4-6-8-10-12-14-16-20-18-22(24(26)27)23(25(28)29-3)19-21(20)17-15-13-11-9-7-5-2/h18-19H,4-17H2,1-3H3,(H,26,27). The first-order valence-electron chi connectivity index (χ1n) is 11.5. The van der Waals surface area contributed by atoms with Gasteiger partial charge in [-0.15, -0.1) is 0 Å². The lowest BCUT2D eigenvalue weighted by atomic mass is 9.91. The van der Waals surface area contributed by atoms with Gasteiger partial charge in [0.2, 0.25) is 0 Å². The zero-order valence-electron chi connectivity index (χ0n) is 18.7. The van der Waals surface area contributed by atoms with Crippen LogP contribution in [0.25, 0.3) is 0 Å². The molecule has 1 aromatic rings. The van der Waals surface area contributed by atoms with E-state index in [1.54, 1.807) is 12.1 Å². The third kappa shape index (κ3) is 9.47. The number of hydrogen-bond acceptors (Lipinski definition) is 3. The third-order valence-electron chi connectivity index (χ3n) is 5.57. The minimum atomic E-state index is -1.07. The van der Waals surface area contributed by atoms with Gasteiger partial charge in [0.15, 0.2) is 0 Å². The molecule has 29 heavy (non-hydrogen) atoms. The molecule has 0 atom stereocenters. The Kier molecular flexibility index (Phi) is 13.1. The number of carbonyl (C=O) groups excluding carboxylic acids is 1. The zero-order valence-corrected chi connectivity index (χ0v) is 18.7. The van der Waals surface area contributed by atoms with E-state index in [1.165, 1.54) is 64.9 Å². The number of aromatic carboxylic acids is 1. The lowest BCUT2D eigenvalue weighted by Gasteiger charge is -2.14. The highest BCUT2D eigenvalue weighted by Gasteiger charge is 2.20. The van der Waals surface area contributed by atoms with Crippen LogP contribution in [0.2, 0.25) is 0 Å². The maximum Gasteiger partial charge on any atom is 0.338 e. The van der Waals surface area contributed by atoms with E-state index in [4.69, 9.17) is 4.74 Å². The monoisotopic (exact) mass is 404 g/mol. The van der Waals surface area contributed by atoms with Gasteiger partial charge in [0.05, 0.1) is 18.2 Å². The van der Waals surface area contributed by atoms with Gasteiger partial charge in [-0.25, -0.2) is 9.59 Å². The highest BCUT2D eigenvalue weighted by molar-refractivity contribution is 6.02. The fourth-order valence-electron chi connectivity index (χ4n) is 3.80. The molecule has 0 saturated heterocycles. The Labute approximate surface area is 177 Å². The average molecular weight is 405 g/mol. The molecule has 1 rings (SSSR count). The minimum absolute atomic E-state index is 0.0597. The first kappa shape index (κ1) is 25.2. The number of carboxylic acid groups (broad SMARTS) is 1. The Morgan fingerprint density at radius 2 is 1.14 bits per heavy atom. The molecule has 0 aliphatic rings. The molecule has 0 unspecified atom stereocenters. The molecule has 0 radical (unpaired) electrons. The van der Waals surface area contributed by atoms with Crippen LogP contribution in [0.3, 0.4) is 0 Å². The van der Waals surface area contributed by atoms with Gasteiger partial charge < -0.3 is 9.84 Å². The van der Waals surface area contributed by atoms with Crippen molar-refractivity contribution in [3.63, 3.8) is 0 Å². The van der Waals surface area contributed by atoms with Gasteiger partial charge in [0.25, 0.3) is 0 Å². The second-order valence-corrected chi connectivity index (χ2v) is 8.00. The van der Waals surface area contributed by atoms with E-state index in [9.17, 15) is 14.7 Å². The molecule has 0 aliphatic heterocycles. The summed E-state index contributed by atoms with van der Waals surface area (Å²) in [5.74, 6) is -1.64. The molecule has 164 valence electrons. The third-order valence-corrected chi connectivity index (χ3v) is 5.57. The molecule has 0 spiro atoms. The zero-order chi connectivity index (χ0) is 21.5. The van der Waals surface area contributed by atoms with Crippen molar-refractivity contribution in [2.45, 2.75) is 104 Å². The number of esters is 1. The van der Waals surface area contributed by atoms with Crippen LogP contribution in [-0.2, 0) is 17.6 Å². The van der Waals surface area contributed by atoms with Crippen molar-refractivity contribution in [3.05, 3.63) is 34.4 Å². The van der Waals surface area contributed by atoms with Crippen molar-refractivity contribution < 1.29 is 19.4 Å². The summed E-state index contributed by atoms with van der Waals surface area (Å²) in [5, 5.41) is 9.58. The summed E-state index contributed by atoms with van der Waals surface area (Å²) in [6.07, 6.45) is 16.3.